The summed E-state index contributed by atoms with van der Waals surface area (Å²) in [4.78, 5) is 13.8. The van der Waals surface area contributed by atoms with Crippen molar-refractivity contribution >= 4 is 21.8 Å². The van der Waals surface area contributed by atoms with E-state index < -0.39 is 0 Å². The fourth-order valence-electron chi connectivity index (χ4n) is 1.82. The quantitative estimate of drug-likeness (QED) is 0.777. The molecule has 15 heavy (non-hydrogen) atoms. The van der Waals surface area contributed by atoms with E-state index in [1.54, 1.807) is 0 Å². The fourth-order valence-corrected chi connectivity index (χ4v) is 1.98. The lowest BCUT2D eigenvalue weighted by atomic mass is 10.1. The molecule has 1 unspecified atom stereocenters. The molecule has 3 nitrogen and oxygen atoms in total. The van der Waals surface area contributed by atoms with Crippen molar-refractivity contribution in [2.45, 2.75) is 37.4 Å². The van der Waals surface area contributed by atoms with Gasteiger partial charge < -0.3 is 10.2 Å². The van der Waals surface area contributed by atoms with Gasteiger partial charge in [-0.2, -0.15) is 0 Å². The van der Waals surface area contributed by atoms with Gasteiger partial charge in [0.15, 0.2) is 0 Å². The molecule has 0 aromatic heterocycles. The van der Waals surface area contributed by atoms with Gasteiger partial charge in [-0.15, -0.1) is 0 Å². The summed E-state index contributed by atoms with van der Waals surface area (Å²) in [5.41, 5.74) is 0. The van der Waals surface area contributed by atoms with Gasteiger partial charge in [0.1, 0.15) is 0 Å². The number of carbonyl (C=O) groups is 1. The molecule has 0 aromatic rings. The van der Waals surface area contributed by atoms with E-state index in [-0.39, 0.29) is 10.7 Å². The van der Waals surface area contributed by atoms with Gasteiger partial charge in [0.25, 0.3) is 0 Å². The summed E-state index contributed by atoms with van der Waals surface area (Å²) < 4.78 is 0. The van der Waals surface area contributed by atoms with Crippen LogP contribution in [0.2, 0.25) is 0 Å². The van der Waals surface area contributed by atoms with Crippen molar-refractivity contribution in [3.05, 3.63) is 0 Å². The lowest BCUT2D eigenvalue weighted by molar-refractivity contribution is -0.120. The van der Waals surface area contributed by atoms with E-state index in [2.05, 4.69) is 26.1 Å². The molecule has 4 heteroatoms. The molecule has 1 rings (SSSR count). The van der Waals surface area contributed by atoms with Gasteiger partial charge in [0, 0.05) is 13.1 Å². The number of nitrogens with zero attached hydrogens (tertiary/aromatic N) is 1. The summed E-state index contributed by atoms with van der Waals surface area (Å²) in [6.07, 6.45) is 4.83. The zero-order chi connectivity index (χ0) is 11.1. The average Bonchev–Trinajstić information content (AvgIpc) is 2.29. The first-order valence-corrected chi connectivity index (χ1v) is 6.79. The summed E-state index contributed by atoms with van der Waals surface area (Å²) in [5.74, 6) is 0.120. The van der Waals surface area contributed by atoms with E-state index in [1.807, 2.05) is 6.92 Å². The lowest BCUT2D eigenvalue weighted by Gasteiger charge is -2.26. The largest absolute Gasteiger partial charge is 0.354 e. The molecule has 0 radical (unpaired) electrons. The summed E-state index contributed by atoms with van der Waals surface area (Å²) in [6.45, 7) is 6.17. The summed E-state index contributed by atoms with van der Waals surface area (Å²) >= 11 is 3.34. The molecule has 0 bridgehead atoms. The average molecular weight is 277 g/mol. The van der Waals surface area contributed by atoms with Gasteiger partial charge >= 0.3 is 0 Å². The maximum absolute atomic E-state index is 11.4. The van der Waals surface area contributed by atoms with Crippen molar-refractivity contribution in [2.24, 2.45) is 0 Å². The molecule has 1 aliphatic rings. The highest BCUT2D eigenvalue weighted by atomic mass is 79.9. The van der Waals surface area contributed by atoms with Crippen LogP contribution in [0.5, 0.6) is 0 Å². The maximum atomic E-state index is 11.4. The first-order chi connectivity index (χ1) is 7.24. The molecule has 1 atom stereocenters. The Hall–Kier alpha value is -0.0900. The van der Waals surface area contributed by atoms with Crippen LogP contribution in [0, 0.1) is 0 Å². The third-order valence-electron chi connectivity index (χ3n) is 2.82. The monoisotopic (exact) mass is 276 g/mol. The van der Waals surface area contributed by atoms with E-state index in [4.69, 9.17) is 0 Å². The van der Waals surface area contributed by atoms with Gasteiger partial charge in [-0.3, -0.25) is 4.79 Å². The summed E-state index contributed by atoms with van der Waals surface area (Å²) in [5, 5.41) is 2.95. The first kappa shape index (κ1) is 13.0. The molecular weight excluding hydrogens is 256 g/mol. The molecular formula is C11H21BrN2O. The standard InChI is InChI=1S/C11H21BrN2O/c1-2-10(12)11(15)13-6-9-14-7-4-3-5-8-14/h10H,2-9H2,1H3,(H,13,15). The zero-order valence-electron chi connectivity index (χ0n) is 9.47. The Morgan fingerprint density at radius 3 is 2.67 bits per heavy atom. The van der Waals surface area contributed by atoms with Crippen molar-refractivity contribution in [1.29, 1.82) is 0 Å². The second-order valence-corrected chi connectivity index (χ2v) is 5.17. The predicted octanol–water partition coefficient (Wildman–Crippen LogP) is 1.76. The Morgan fingerprint density at radius 2 is 2.07 bits per heavy atom. The predicted molar refractivity (Wildman–Crippen MR) is 66.3 cm³/mol. The van der Waals surface area contributed by atoms with Crippen molar-refractivity contribution in [3.8, 4) is 0 Å². The van der Waals surface area contributed by atoms with Crippen molar-refractivity contribution in [1.82, 2.24) is 10.2 Å². The van der Waals surface area contributed by atoms with Crippen LogP contribution in [0.3, 0.4) is 0 Å². The number of rotatable bonds is 5. The molecule has 1 saturated heterocycles. The van der Waals surface area contributed by atoms with Crippen LogP contribution in [-0.4, -0.2) is 41.8 Å². The first-order valence-electron chi connectivity index (χ1n) is 5.88. The van der Waals surface area contributed by atoms with E-state index in [9.17, 15) is 4.79 Å². The minimum Gasteiger partial charge on any atom is -0.354 e. The number of amides is 1. The molecule has 1 fully saturated rings. The molecule has 0 aliphatic carbocycles. The third-order valence-corrected chi connectivity index (χ3v) is 3.88. The number of alkyl halides is 1. The molecule has 1 aliphatic heterocycles. The number of hydrogen-bond acceptors (Lipinski definition) is 2. The smallest absolute Gasteiger partial charge is 0.233 e. The molecule has 88 valence electrons. The van der Waals surface area contributed by atoms with Crippen LogP contribution in [-0.2, 0) is 4.79 Å². The van der Waals surface area contributed by atoms with Crippen LogP contribution >= 0.6 is 15.9 Å². The molecule has 1 N–H and O–H groups in total. The Balaban J connectivity index is 2.07. The fraction of sp³-hybridized carbons (Fsp3) is 0.909. The normalized spacial score (nSPS) is 19.9. The number of halogens is 1. The van der Waals surface area contributed by atoms with Gasteiger partial charge in [-0.05, 0) is 32.4 Å². The second-order valence-electron chi connectivity index (χ2n) is 4.07. The molecule has 1 heterocycles. The van der Waals surface area contributed by atoms with Crippen molar-refractivity contribution in [3.63, 3.8) is 0 Å². The number of hydrogen-bond donors (Lipinski definition) is 1. The van der Waals surface area contributed by atoms with Gasteiger partial charge in [0.05, 0.1) is 4.83 Å². The van der Waals surface area contributed by atoms with Gasteiger partial charge in [-0.25, -0.2) is 0 Å². The number of likely N-dealkylation sites (tertiary alicyclic amines) is 1. The third kappa shape index (κ3) is 4.98. The van der Waals surface area contributed by atoms with E-state index in [0.29, 0.717) is 0 Å². The van der Waals surface area contributed by atoms with Gasteiger partial charge in [0.2, 0.25) is 5.91 Å². The summed E-state index contributed by atoms with van der Waals surface area (Å²) in [7, 11) is 0. The number of nitrogens with one attached hydrogen (secondary N) is 1. The molecule has 0 aromatic carbocycles. The van der Waals surface area contributed by atoms with Crippen LogP contribution < -0.4 is 5.32 Å². The molecule has 0 saturated carbocycles. The minimum absolute atomic E-state index is 0.0288. The Labute approximate surface area is 101 Å². The molecule has 1 amide bonds. The highest BCUT2D eigenvalue weighted by molar-refractivity contribution is 9.10. The second kappa shape index (κ2) is 7.23. The van der Waals surface area contributed by atoms with E-state index in [1.165, 1.54) is 32.4 Å². The zero-order valence-corrected chi connectivity index (χ0v) is 11.1. The Bertz CT molecular complexity index is 193. The van der Waals surface area contributed by atoms with Crippen molar-refractivity contribution in [2.75, 3.05) is 26.2 Å². The van der Waals surface area contributed by atoms with Crippen LogP contribution in [0.1, 0.15) is 32.6 Å². The Morgan fingerprint density at radius 1 is 1.40 bits per heavy atom. The highest BCUT2D eigenvalue weighted by Gasteiger charge is 2.13. The lowest BCUT2D eigenvalue weighted by Crippen LogP contribution is -2.39. The Kier molecular flexibility index (Phi) is 6.25. The SMILES string of the molecule is CCC(Br)C(=O)NCCN1CCCCC1. The topological polar surface area (TPSA) is 32.3 Å². The summed E-state index contributed by atoms with van der Waals surface area (Å²) in [6, 6.07) is 0. The highest BCUT2D eigenvalue weighted by Crippen LogP contribution is 2.07. The molecule has 0 spiro atoms. The van der Waals surface area contributed by atoms with Crippen LogP contribution in [0.4, 0.5) is 0 Å². The minimum atomic E-state index is -0.0288. The van der Waals surface area contributed by atoms with E-state index >= 15 is 0 Å². The maximum Gasteiger partial charge on any atom is 0.233 e. The number of carbonyl (C=O) groups excluding carboxylic acids is 1. The number of piperidine rings is 1. The van der Waals surface area contributed by atoms with Crippen LogP contribution in [0.15, 0.2) is 0 Å². The van der Waals surface area contributed by atoms with Crippen molar-refractivity contribution < 1.29 is 4.79 Å². The van der Waals surface area contributed by atoms with Crippen LogP contribution in [0.25, 0.3) is 0 Å². The van der Waals surface area contributed by atoms with E-state index in [0.717, 1.165) is 19.5 Å². The van der Waals surface area contributed by atoms with Gasteiger partial charge in [-0.1, -0.05) is 29.3 Å².